The Kier molecular flexibility index (Phi) is 4.03. The molecule has 0 spiro atoms. The minimum atomic E-state index is -0.522. The van der Waals surface area contributed by atoms with Crippen LogP contribution in [0.25, 0.3) is 0 Å². The summed E-state index contributed by atoms with van der Waals surface area (Å²) in [5.74, 6) is 0.137. The second-order valence-electron chi connectivity index (χ2n) is 4.21. The number of nitro benzene ring substituents is 1. The van der Waals surface area contributed by atoms with Gasteiger partial charge in [-0.25, -0.2) is 0 Å². The lowest BCUT2D eigenvalue weighted by molar-refractivity contribution is -0.384. The maximum absolute atomic E-state index is 12.0. The highest BCUT2D eigenvalue weighted by Gasteiger charge is 2.10. The molecule has 21 heavy (non-hydrogen) atoms. The largest absolute Gasteiger partial charge is 0.495 e. The van der Waals surface area contributed by atoms with Crippen LogP contribution in [0.1, 0.15) is 10.4 Å². The first-order chi connectivity index (χ1) is 10.0. The van der Waals surface area contributed by atoms with E-state index in [-0.39, 0.29) is 11.6 Å². The van der Waals surface area contributed by atoms with Crippen LogP contribution in [0.3, 0.4) is 0 Å². The van der Waals surface area contributed by atoms with E-state index in [1.807, 2.05) is 0 Å². The van der Waals surface area contributed by atoms with Crippen LogP contribution < -0.4 is 15.8 Å². The van der Waals surface area contributed by atoms with Gasteiger partial charge in [0, 0.05) is 23.4 Å². The van der Waals surface area contributed by atoms with Gasteiger partial charge in [0.15, 0.2) is 0 Å². The molecule has 0 heterocycles. The molecule has 7 nitrogen and oxygen atoms in total. The first kappa shape index (κ1) is 14.3. The highest BCUT2D eigenvalue weighted by molar-refractivity contribution is 6.04. The van der Waals surface area contributed by atoms with Crippen LogP contribution in [0.15, 0.2) is 42.5 Å². The standard InChI is InChI=1S/C14H13N3O4/c1-21-13-7-4-10(8-12(13)15)16-14(18)9-2-5-11(6-3-9)17(19)20/h2-8H,15H2,1H3,(H,16,18). The summed E-state index contributed by atoms with van der Waals surface area (Å²) in [6.07, 6.45) is 0. The molecular formula is C14H13N3O4. The summed E-state index contributed by atoms with van der Waals surface area (Å²) < 4.78 is 5.02. The van der Waals surface area contributed by atoms with E-state index in [2.05, 4.69) is 5.32 Å². The maximum Gasteiger partial charge on any atom is 0.269 e. The van der Waals surface area contributed by atoms with Crippen LogP contribution in [-0.2, 0) is 0 Å². The molecule has 108 valence electrons. The zero-order valence-electron chi connectivity index (χ0n) is 11.2. The number of nitrogens with one attached hydrogen (secondary N) is 1. The summed E-state index contributed by atoms with van der Waals surface area (Å²) in [6, 6.07) is 10.2. The van der Waals surface area contributed by atoms with Gasteiger partial charge < -0.3 is 15.8 Å². The van der Waals surface area contributed by atoms with Gasteiger partial charge in [-0.3, -0.25) is 14.9 Å². The smallest absolute Gasteiger partial charge is 0.269 e. The van der Waals surface area contributed by atoms with Gasteiger partial charge in [-0.2, -0.15) is 0 Å². The number of nitrogens with zero attached hydrogens (tertiary/aromatic N) is 1. The van der Waals surface area contributed by atoms with Crippen molar-refractivity contribution >= 4 is 23.0 Å². The number of nitrogens with two attached hydrogens (primary N) is 1. The van der Waals surface area contributed by atoms with Crippen LogP contribution in [0, 0.1) is 10.1 Å². The van der Waals surface area contributed by atoms with E-state index in [0.29, 0.717) is 22.7 Å². The van der Waals surface area contributed by atoms with Crippen LogP contribution in [0.4, 0.5) is 17.1 Å². The fourth-order valence-corrected chi connectivity index (χ4v) is 1.75. The number of amides is 1. The normalized spacial score (nSPS) is 9.95. The number of carbonyl (C=O) groups excluding carboxylic acids is 1. The van der Waals surface area contributed by atoms with Crippen molar-refractivity contribution in [2.45, 2.75) is 0 Å². The molecule has 2 aromatic carbocycles. The third-order valence-corrected chi connectivity index (χ3v) is 2.83. The lowest BCUT2D eigenvalue weighted by Gasteiger charge is -2.08. The van der Waals surface area contributed by atoms with E-state index in [1.54, 1.807) is 18.2 Å². The number of non-ortho nitro benzene ring substituents is 1. The van der Waals surface area contributed by atoms with Gasteiger partial charge in [0.1, 0.15) is 5.75 Å². The van der Waals surface area contributed by atoms with Gasteiger partial charge in [0.05, 0.1) is 17.7 Å². The zero-order chi connectivity index (χ0) is 15.4. The number of hydrogen-bond donors (Lipinski definition) is 2. The Morgan fingerprint density at radius 2 is 1.90 bits per heavy atom. The average molecular weight is 287 g/mol. The Labute approximate surface area is 120 Å². The molecule has 3 N–H and O–H groups in total. The van der Waals surface area contributed by atoms with E-state index in [9.17, 15) is 14.9 Å². The maximum atomic E-state index is 12.0. The van der Waals surface area contributed by atoms with Crippen molar-refractivity contribution in [2.75, 3.05) is 18.2 Å². The average Bonchev–Trinajstić information content (AvgIpc) is 2.47. The third-order valence-electron chi connectivity index (χ3n) is 2.83. The molecule has 0 aliphatic heterocycles. The molecule has 2 rings (SSSR count). The monoisotopic (exact) mass is 287 g/mol. The molecular weight excluding hydrogens is 274 g/mol. The van der Waals surface area contributed by atoms with Crippen molar-refractivity contribution < 1.29 is 14.5 Å². The van der Waals surface area contributed by atoms with Crippen molar-refractivity contribution in [3.05, 3.63) is 58.1 Å². The van der Waals surface area contributed by atoms with Gasteiger partial charge in [-0.1, -0.05) is 0 Å². The van der Waals surface area contributed by atoms with Crippen molar-refractivity contribution in [1.29, 1.82) is 0 Å². The zero-order valence-corrected chi connectivity index (χ0v) is 11.2. The van der Waals surface area contributed by atoms with Gasteiger partial charge in [0.2, 0.25) is 0 Å². The Morgan fingerprint density at radius 1 is 1.24 bits per heavy atom. The van der Waals surface area contributed by atoms with Crippen molar-refractivity contribution in [3.8, 4) is 5.75 Å². The van der Waals surface area contributed by atoms with Crippen LogP contribution in [0.5, 0.6) is 5.75 Å². The highest BCUT2D eigenvalue weighted by Crippen LogP contribution is 2.25. The van der Waals surface area contributed by atoms with Crippen LogP contribution >= 0.6 is 0 Å². The van der Waals surface area contributed by atoms with Crippen molar-refractivity contribution in [1.82, 2.24) is 0 Å². The molecule has 0 unspecified atom stereocenters. The Hall–Kier alpha value is -3.09. The fraction of sp³-hybridized carbons (Fsp3) is 0.0714. The van der Waals surface area contributed by atoms with Crippen LogP contribution in [0.2, 0.25) is 0 Å². The summed E-state index contributed by atoms with van der Waals surface area (Å²) in [4.78, 5) is 22.0. The lowest BCUT2D eigenvalue weighted by Crippen LogP contribution is -2.12. The second kappa shape index (κ2) is 5.91. The molecule has 0 atom stereocenters. The minimum Gasteiger partial charge on any atom is -0.495 e. The topological polar surface area (TPSA) is 107 Å². The first-order valence-electron chi connectivity index (χ1n) is 6.00. The number of hydrogen-bond acceptors (Lipinski definition) is 5. The van der Waals surface area contributed by atoms with E-state index in [0.717, 1.165) is 0 Å². The summed E-state index contributed by atoms with van der Waals surface area (Å²) in [5, 5.41) is 13.2. The molecule has 0 aliphatic carbocycles. The number of benzene rings is 2. The van der Waals surface area contributed by atoms with E-state index in [1.165, 1.54) is 31.4 Å². The Bertz CT molecular complexity index is 683. The Morgan fingerprint density at radius 3 is 2.43 bits per heavy atom. The third kappa shape index (κ3) is 3.27. The summed E-state index contributed by atoms with van der Waals surface area (Å²) in [7, 11) is 1.50. The predicted octanol–water partition coefficient (Wildman–Crippen LogP) is 2.44. The Balaban J connectivity index is 2.14. The number of carbonyl (C=O) groups is 1. The molecule has 0 aromatic heterocycles. The molecule has 0 saturated heterocycles. The molecule has 0 bridgehead atoms. The number of nitro groups is 1. The number of ether oxygens (including phenoxy) is 1. The molecule has 0 radical (unpaired) electrons. The number of anilines is 2. The molecule has 2 aromatic rings. The number of nitrogen functional groups attached to an aromatic ring is 1. The lowest BCUT2D eigenvalue weighted by atomic mass is 10.2. The molecule has 0 fully saturated rings. The molecule has 7 heteroatoms. The SMILES string of the molecule is COc1ccc(NC(=O)c2ccc([N+](=O)[O-])cc2)cc1N. The molecule has 0 aliphatic rings. The highest BCUT2D eigenvalue weighted by atomic mass is 16.6. The van der Waals surface area contributed by atoms with Gasteiger partial charge >= 0.3 is 0 Å². The van der Waals surface area contributed by atoms with Gasteiger partial charge in [-0.15, -0.1) is 0 Å². The van der Waals surface area contributed by atoms with E-state index in [4.69, 9.17) is 10.5 Å². The summed E-state index contributed by atoms with van der Waals surface area (Å²) >= 11 is 0. The number of methoxy groups -OCH3 is 1. The predicted molar refractivity (Wildman–Crippen MR) is 78.5 cm³/mol. The van der Waals surface area contributed by atoms with Crippen LogP contribution in [-0.4, -0.2) is 17.9 Å². The first-order valence-corrected chi connectivity index (χ1v) is 6.00. The van der Waals surface area contributed by atoms with Crippen molar-refractivity contribution in [2.24, 2.45) is 0 Å². The number of rotatable bonds is 4. The van der Waals surface area contributed by atoms with E-state index >= 15 is 0 Å². The fourth-order valence-electron chi connectivity index (χ4n) is 1.75. The molecule has 0 saturated carbocycles. The van der Waals surface area contributed by atoms with E-state index < -0.39 is 4.92 Å². The van der Waals surface area contributed by atoms with Gasteiger partial charge in [0.25, 0.3) is 11.6 Å². The van der Waals surface area contributed by atoms with Gasteiger partial charge in [-0.05, 0) is 30.3 Å². The van der Waals surface area contributed by atoms with Crippen molar-refractivity contribution in [3.63, 3.8) is 0 Å². The summed E-state index contributed by atoms with van der Waals surface area (Å²) in [5.41, 5.74) is 6.91. The quantitative estimate of drug-likeness (QED) is 0.510. The molecule has 1 amide bonds. The minimum absolute atomic E-state index is 0.0692. The summed E-state index contributed by atoms with van der Waals surface area (Å²) in [6.45, 7) is 0. The second-order valence-corrected chi connectivity index (χ2v) is 4.21.